The third-order valence-electron chi connectivity index (χ3n) is 8.10. The summed E-state index contributed by atoms with van der Waals surface area (Å²) in [6, 6.07) is 0. The summed E-state index contributed by atoms with van der Waals surface area (Å²) in [4.78, 5) is 36.3. The maximum atomic E-state index is 12.5. The Kier molecular flexibility index (Phi) is 3.75. The molecule has 4 aliphatic carbocycles. The van der Waals surface area contributed by atoms with Crippen LogP contribution < -0.4 is 0 Å². The van der Waals surface area contributed by atoms with E-state index in [0.717, 1.165) is 38.5 Å². The molecule has 136 valence electrons. The molecule has 0 saturated heterocycles. The second-order valence-electron chi connectivity index (χ2n) is 9.11. The van der Waals surface area contributed by atoms with Crippen molar-refractivity contribution in [2.45, 2.75) is 65.4 Å². The first-order valence-corrected chi connectivity index (χ1v) is 9.71. The SMILES string of the molecule is CC(=O)OC1C(=O)C=C[C@@]2(C)C1CC[C@@H]1[C@H]2CC[C@]2(C)C(=O)CC[C@@H]12. The number of carbonyl (C=O) groups is 3. The molecule has 3 saturated carbocycles. The van der Waals surface area contributed by atoms with E-state index in [0.29, 0.717) is 23.5 Å². The molecule has 2 unspecified atom stereocenters. The minimum atomic E-state index is -0.632. The van der Waals surface area contributed by atoms with Crippen LogP contribution in [0.3, 0.4) is 0 Å². The highest BCUT2D eigenvalue weighted by atomic mass is 16.5. The summed E-state index contributed by atoms with van der Waals surface area (Å²) in [5.41, 5.74) is -0.252. The maximum absolute atomic E-state index is 12.5. The van der Waals surface area contributed by atoms with Gasteiger partial charge in [-0.1, -0.05) is 19.9 Å². The van der Waals surface area contributed by atoms with E-state index in [9.17, 15) is 14.4 Å². The van der Waals surface area contributed by atoms with Gasteiger partial charge in [0, 0.05) is 24.7 Å². The summed E-state index contributed by atoms with van der Waals surface area (Å²) < 4.78 is 5.45. The minimum absolute atomic E-state index is 0.0663. The van der Waals surface area contributed by atoms with Gasteiger partial charge in [-0.25, -0.2) is 0 Å². The third kappa shape index (κ3) is 2.29. The number of carbonyl (C=O) groups excluding carboxylic acids is 3. The lowest BCUT2D eigenvalue weighted by Gasteiger charge is -2.58. The van der Waals surface area contributed by atoms with E-state index in [1.807, 2.05) is 0 Å². The van der Waals surface area contributed by atoms with Crippen molar-refractivity contribution in [2.75, 3.05) is 0 Å². The van der Waals surface area contributed by atoms with Crippen LogP contribution in [0, 0.1) is 34.5 Å². The zero-order valence-corrected chi connectivity index (χ0v) is 15.4. The first-order valence-electron chi connectivity index (χ1n) is 9.71. The number of rotatable bonds is 1. The molecule has 0 spiro atoms. The predicted octanol–water partition coefficient (Wildman–Crippen LogP) is 3.48. The number of ether oxygens (including phenoxy) is 1. The Balaban J connectivity index is 1.68. The molecule has 0 N–H and O–H groups in total. The van der Waals surface area contributed by atoms with E-state index in [1.165, 1.54) is 6.92 Å². The van der Waals surface area contributed by atoms with Crippen molar-refractivity contribution < 1.29 is 19.1 Å². The summed E-state index contributed by atoms with van der Waals surface area (Å²) in [6.07, 6.45) is 8.77. The van der Waals surface area contributed by atoms with Gasteiger partial charge in [0.1, 0.15) is 5.78 Å². The first-order chi connectivity index (χ1) is 11.8. The molecule has 0 bridgehead atoms. The van der Waals surface area contributed by atoms with E-state index in [4.69, 9.17) is 4.74 Å². The van der Waals surface area contributed by atoms with Gasteiger partial charge in [-0.2, -0.15) is 0 Å². The van der Waals surface area contributed by atoms with Crippen LogP contribution in [0.1, 0.15) is 59.3 Å². The molecular weight excluding hydrogens is 316 g/mol. The largest absolute Gasteiger partial charge is 0.454 e. The van der Waals surface area contributed by atoms with Crippen LogP contribution in [0.15, 0.2) is 12.2 Å². The molecule has 0 aromatic rings. The van der Waals surface area contributed by atoms with Gasteiger partial charge in [0.2, 0.25) is 0 Å². The lowest BCUT2D eigenvalue weighted by Crippen LogP contribution is -2.56. The molecule has 4 heteroatoms. The lowest BCUT2D eigenvalue weighted by atomic mass is 9.46. The number of ketones is 2. The molecule has 4 nitrogen and oxygen atoms in total. The quantitative estimate of drug-likeness (QED) is 0.683. The van der Waals surface area contributed by atoms with Crippen molar-refractivity contribution in [3.63, 3.8) is 0 Å². The summed E-state index contributed by atoms with van der Waals surface area (Å²) in [7, 11) is 0. The fourth-order valence-corrected chi connectivity index (χ4v) is 6.79. The van der Waals surface area contributed by atoms with Gasteiger partial charge in [-0.05, 0) is 61.3 Å². The van der Waals surface area contributed by atoms with Gasteiger partial charge in [-0.3, -0.25) is 14.4 Å². The molecule has 4 aliphatic rings. The maximum Gasteiger partial charge on any atom is 0.303 e. The second-order valence-corrected chi connectivity index (χ2v) is 9.11. The van der Waals surface area contributed by atoms with Crippen LogP contribution >= 0.6 is 0 Å². The predicted molar refractivity (Wildman–Crippen MR) is 92.6 cm³/mol. The Morgan fingerprint density at radius 3 is 2.56 bits per heavy atom. The van der Waals surface area contributed by atoms with Crippen molar-refractivity contribution in [1.82, 2.24) is 0 Å². The molecule has 7 atom stereocenters. The molecular formula is C21H28O4. The summed E-state index contributed by atoms with van der Waals surface area (Å²) in [5.74, 6) is 1.56. The van der Waals surface area contributed by atoms with Crippen molar-refractivity contribution in [2.24, 2.45) is 34.5 Å². The van der Waals surface area contributed by atoms with Crippen LogP contribution in [0.4, 0.5) is 0 Å². The number of esters is 1. The van der Waals surface area contributed by atoms with E-state index in [2.05, 4.69) is 19.9 Å². The van der Waals surface area contributed by atoms with Crippen LogP contribution in [-0.4, -0.2) is 23.6 Å². The van der Waals surface area contributed by atoms with E-state index in [-0.39, 0.29) is 28.5 Å². The molecule has 0 aliphatic heterocycles. The Morgan fingerprint density at radius 2 is 1.84 bits per heavy atom. The second kappa shape index (κ2) is 5.52. The Labute approximate surface area is 149 Å². The molecule has 0 aromatic heterocycles. The van der Waals surface area contributed by atoms with Crippen LogP contribution in [-0.2, 0) is 19.1 Å². The average molecular weight is 344 g/mol. The number of fused-ring (bicyclic) bond motifs is 5. The molecule has 4 rings (SSSR count). The molecule has 3 fully saturated rings. The minimum Gasteiger partial charge on any atom is -0.454 e. The zero-order valence-electron chi connectivity index (χ0n) is 15.4. The fourth-order valence-electron chi connectivity index (χ4n) is 6.79. The van der Waals surface area contributed by atoms with Crippen molar-refractivity contribution in [3.05, 3.63) is 12.2 Å². The van der Waals surface area contributed by atoms with E-state index < -0.39 is 6.10 Å². The van der Waals surface area contributed by atoms with E-state index in [1.54, 1.807) is 6.08 Å². The first kappa shape index (κ1) is 17.0. The van der Waals surface area contributed by atoms with Crippen molar-refractivity contribution in [1.29, 1.82) is 0 Å². The van der Waals surface area contributed by atoms with Gasteiger partial charge in [0.25, 0.3) is 0 Å². The highest BCUT2D eigenvalue weighted by Crippen LogP contribution is 2.64. The third-order valence-corrected chi connectivity index (χ3v) is 8.10. The number of allylic oxidation sites excluding steroid dienone is 1. The number of Topliss-reactive ketones (excluding diaryl/α,β-unsaturated/α-hetero) is 1. The van der Waals surface area contributed by atoms with Crippen molar-refractivity contribution >= 4 is 17.5 Å². The Morgan fingerprint density at radius 1 is 1.08 bits per heavy atom. The fraction of sp³-hybridized carbons (Fsp3) is 0.762. The highest BCUT2D eigenvalue weighted by Gasteiger charge is 2.61. The van der Waals surface area contributed by atoms with Crippen LogP contribution in [0.2, 0.25) is 0 Å². The van der Waals surface area contributed by atoms with Crippen LogP contribution in [0.5, 0.6) is 0 Å². The van der Waals surface area contributed by atoms with Crippen molar-refractivity contribution in [3.8, 4) is 0 Å². The molecule has 0 aromatic carbocycles. The lowest BCUT2D eigenvalue weighted by molar-refractivity contribution is -0.166. The van der Waals surface area contributed by atoms with Gasteiger partial charge in [-0.15, -0.1) is 0 Å². The number of hydrogen-bond donors (Lipinski definition) is 0. The van der Waals surface area contributed by atoms with E-state index >= 15 is 0 Å². The Bertz CT molecular complexity index is 665. The van der Waals surface area contributed by atoms with Gasteiger partial charge < -0.3 is 4.74 Å². The smallest absolute Gasteiger partial charge is 0.303 e. The summed E-state index contributed by atoms with van der Waals surface area (Å²) in [6.45, 7) is 5.80. The standard InChI is InChI=1S/C21H28O4/c1-12(22)25-19-16-5-4-13-14-6-7-18(24)21(14,3)10-8-15(13)20(16,2)11-9-17(19)23/h9,11,13-16,19H,4-8,10H2,1-3H3/t13-,14-,15+,16?,19?,20+,21-/m0/s1. The molecule has 0 amide bonds. The van der Waals surface area contributed by atoms with Gasteiger partial charge >= 0.3 is 5.97 Å². The monoisotopic (exact) mass is 344 g/mol. The highest BCUT2D eigenvalue weighted by molar-refractivity contribution is 5.96. The zero-order chi connectivity index (χ0) is 18.0. The topological polar surface area (TPSA) is 60.4 Å². The summed E-state index contributed by atoms with van der Waals surface area (Å²) in [5, 5.41) is 0. The normalized spacial score (nSPS) is 48.5. The van der Waals surface area contributed by atoms with Crippen LogP contribution in [0.25, 0.3) is 0 Å². The average Bonchev–Trinajstić information content (AvgIpc) is 2.86. The molecule has 0 radical (unpaired) electrons. The molecule has 0 heterocycles. The molecule has 25 heavy (non-hydrogen) atoms. The Hall–Kier alpha value is -1.45. The summed E-state index contributed by atoms with van der Waals surface area (Å²) >= 11 is 0. The van der Waals surface area contributed by atoms with Gasteiger partial charge in [0.15, 0.2) is 11.9 Å². The van der Waals surface area contributed by atoms with Gasteiger partial charge in [0.05, 0.1) is 0 Å². The number of hydrogen-bond acceptors (Lipinski definition) is 4.